The fourth-order valence-electron chi connectivity index (χ4n) is 2.38. The largest absolute Gasteiger partial charge is 0.492 e. The molecule has 0 aliphatic carbocycles. The first-order chi connectivity index (χ1) is 12.3. The van der Waals surface area contributed by atoms with Gasteiger partial charge >= 0.3 is 0 Å². The van der Waals surface area contributed by atoms with Gasteiger partial charge in [0.15, 0.2) is 10.4 Å². The molecule has 2 aromatic rings. The summed E-state index contributed by atoms with van der Waals surface area (Å²) in [6.07, 6.45) is 0. The minimum atomic E-state index is -3.66. The summed E-state index contributed by atoms with van der Waals surface area (Å²) < 4.78 is 37.9. The van der Waals surface area contributed by atoms with Crippen molar-refractivity contribution >= 4 is 37.5 Å². The maximum absolute atomic E-state index is 12.7. The van der Waals surface area contributed by atoms with Gasteiger partial charge in [-0.3, -0.25) is 4.79 Å². The van der Waals surface area contributed by atoms with Gasteiger partial charge in [-0.1, -0.05) is 13.8 Å². The number of benzene rings is 1. The zero-order chi connectivity index (χ0) is 19.3. The summed E-state index contributed by atoms with van der Waals surface area (Å²) in [4.78, 5) is 12.4. The van der Waals surface area contributed by atoms with Crippen LogP contribution >= 0.6 is 15.9 Å². The van der Waals surface area contributed by atoms with Crippen LogP contribution in [0.25, 0.3) is 0 Å². The molecule has 0 saturated carbocycles. The van der Waals surface area contributed by atoms with Crippen molar-refractivity contribution in [1.82, 2.24) is 4.31 Å². The molecule has 0 bridgehead atoms. The first-order valence-corrected chi connectivity index (χ1v) is 10.4. The summed E-state index contributed by atoms with van der Waals surface area (Å²) in [6.45, 7) is 6.43. The minimum Gasteiger partial charge on any atom is -0.492 e. The van der Waals surface area contributed by atoms with Crippen molar-refractivity contribution in [2.45, 2.75) is 25.7 Å². The van der Waals surface area contributed by atoms with Crippen LogP contribution in [0.1, 0.15) is 31.3 Å². The third kappa shape index (κ3) is 4.46. The molecule has 26 heavy (non-hydrogen) atoms. The Kier molecular flexibility index (Phi) is 6.85. The molecule has 0 radical (unpaired) electrons. The highest BCUT2D eigenvalue weighted by molar-refractivity contribution is 9.10. The number of halogens is 1. The molecule has 7 nitrogen and oxygen atoms in total. The first kappa shape index (κ1) is 20.5. The van der Waals surface area contributed by atoms with Crippen molar-refractivity contribution in [1.29, 1.82) is 0 Å². The number of hydrogen-bond acceptors (Lipinski definition) is 5. The number of ether oxygens (including phenoxy) is 1. The van der Waals surface area contributed by atoms with E-state index in [0.717, 1.165) is 0 Å². The molecular formula is C17H21BrN2O5S. The van der Waals surface area contributed by atoms with Gasteiger partial charge in [-0.25, -0.2) is 8.42 Å². The first-order valence-electron chi connectivity index (χ1n) is 8.17. The van der Waals surface area contributed by atoms with Crippen LogP contribution in [0.15, 0.2) is 44.3 Å². The predicted octanol–water partition coefficient (Wildman–Crippen LogP) is 3.72. The second-order valence-corrected chi connectivity index (χ2v) is 7.96. The van der Waals surface area contributed by atoms with E-state index in [2.05, 4.69) is 21.2 Å². The number of carbonyl (C=O) groups is 1. The number of nitrogens with one attached hydrogen (secondary N) is 1. The minimum absolute atomic E-state index is 0.0839. The lowest BCUT2D eigenvalue weighted by Gasteiger charge is -2.19. The monoisotopic (exact) mass is 444 g/mol. The average molecular weight is 445 g/mol. The standard InChI is InChI=1S/C17H21BrN2O5S/c1-4-20(5-2)26(22,23)12-7-8-14(24-6-3)13(11-12)19-17(21)15-9-10-16(18)25-15/h7-11H,4-6H2,1-3H3,(H,19,21). The topological polar surface area (TPSA) is 88.9 Å². The second kappa shape index (κ2) is 8.70. The molecule has 0 spiro atoms. The summed E-state index contributed by atoms with van der Waals surface area (Å²) in [5.41, 5.74) is 0.262. The molecule has 0 aliphatic heterocycles. The smallest absolute Gasteiger partial charge is 0.291 e. The molecular weight excluding hydrogens is 424 g/mol. The van der Waals surface area contributed by atoms with Gasteiger partial charge in [-0.2, -0.15) is 4.31 Å². The number of carbonyl (C=O) groups excluding carboxylic acids is 1. The number of hydrogen-bond donors (Lipinski definition) is 1. The van der Waals surface area contributed by atoms with E-state index >= 15 is 0 Å². The highest BCUT2D eigenvalue weighted by Gasteiger charge is 2.23. The van der Waals surface area contributed by atoms with Crippen LogP contribution in [0.5, 0.6) is 5.75 Å². The van der Waals surface area contributed by atoms with Gasteiger partial charge in [0.25, 0.3) is 5.91 Å². The average Bonchev–Trinajstić information content (AvgIpc) is 3.04. The second-order valence-electron chi connectivity index (χ2n) is 5.24. The van der Waals surface area contributed by atoms with Gasteiger partial charge in [-0.15, -0.1) is 0 Å². The van der Waals surface area contributed by atoms with Crippen molar-refractivity contribution in [2.75, 3.05) is 25.0 Å². The van der Waals surface area contributed by atoms with Crippen molar-refractivity contribution < 1.29 is 22.4 Å². The Labute approximate surface area is 161 Å². The van der Waals surface area contributed by atoms with E-state index in [1.54, 1.807) is 26.8 Å². The predicted molar refractivity (Wildman–Crippen MR) is 102 cm³/mol. The van der Waals surface area contributed by atoms with Crippen LogP contribution in [-0.2, 0) is 10.0 Å². The molecule has 2 rings (SSSR count). The van der Waals surface area contributed by atoms with Gasteiger partial charge in [0.2, 0.25) is 10.0 Å². The maximum atomic E-state index is 12.7. The Morgan fingerprint density at radius 2 is 1.88 bits per heavy atom. The van der Waals surface area contributed by atoms with Crippen molar-refractivity contribution in [3.63, 3.8) is 0 Å². The number of anilines is 1. The Hall–Kier alpha value is -1.84. The highest BCUT2D eigenvalue weighted by atomic mass is 79.9. The summed E-state index contributed by atoms with van der Waals surface area (Å²) in [7, 11) is -3.66. The third-order valence-electron chi connectivity index (χ3n) is 3.64. The van der Waals surface area contributed by atoms with E-state index in [9.17, 15) is 13.2 Å². The summed E-state index contributed by atoms with van der Waals surface area (Å²) >= 11 is 3.14. The van der Waals surface area contributed by atoms with Crippen LogP contribution < -0.4 is 10.1 Å². The lowest BCUT2D eigenvalue weighted by molar-refractivity contribution is 0.0995. The fraction of sp³-hybridized carbons (Fsp3) is 0.353. The molecule has 1 aromatic heterocycles. The van der Waals surface area contributed by atoms with Gasteiger partial charge in [0.1, 0.15) is 5.75 Å². The van der Waals surface area contributed by atoms with Gasteiger partial charge in [-0.05, 0) is 53.2 Å². The highest BCUT2D eigenvalue weighted by Crippen LogP contribution is 2.30. The fourth-order valence-corrected chi connectivity index (χ4v) is 4.17. The van der Waals surface area contributed by atoms with Crippen molar-refractivity contribution in [3.8, 4) is 5.75 Å². The van der Waals surface area contributed by atoms with E-state index in [1.165, 1.54) is 28.6 Å². The Balaban J connectivity index is 2.41. The quantitative estimate of drug-likeness (QED) is 0.669. The van der Waals surface area contributed by atoms with E-state index in [4.69, 9.17) is 9.15 Å². The van der Waals surface area contributed by atoms with E-state index in [1.807, 2.05) is 0 Å². The SMILES string of the molecule is CCOc1ccc(S(=O)(=O)N(CC)CC)cc1NC(=O)c1ccc(Br)o1. The number of rotatable bonds is 8. The molecule has 1 N–H and O–H groups in total. The van der Waals surface area contributed by atoms with E-state index in [0.29, 0.717) is 30.1 Å². The summed E-state index contributed by atoms with van der Waals surface area (Å²) in [5.74, 6) is -0.0321. The van der Waals surface area contributed by atoms with Crippen molar-refractivity contribution in [3.05, 3.63) is 40.8 Å². The molecule has 0 unspecified atom stereocenters. The molecule has 0 atom stereocenters. The van der Waals surface area contributed by atoms with Crippen LogP contribution in [0.2, 0.25) is 0 Å². The lowest BCUT2D eigenvalue weighted by Crippen LogP contribution is -2.30. The molecule has 0 fully saturated rings. The number of sulfonamides is 1. The molecule has 1 aromatic carbocycles. The lowest BCUT2D eigenvalue weighted by atomic mass is 10.2. The number of nitrogens with zero attached hydrogens (tertiary/aromatic N) is 1. The van der Waals surface area contributed by atoms with Crippen molar-refractivity contribution in [2.24, 2.45) is 0 Å². The Morgan fingerprint density at radius 3 is 2.42 bits per heavy atom. The molecule has 0 saturated heterocycles. The Morgan fingerprint density at radius 1 is 1.19 bits per heavy atom. The van der Waals surface area contributed by atoms with Gasteiger partial charge in [0, 0.05) is 13.1 Å². The van der Waals surface area contributed by atoms with E-state index < -0.39 is 15.9 Å². The van der Waals surface area contributed by atoms with Crippen LogP contribution in [0.3, 0.4) is 0 Å². The number of furan rings is 1. The van der Waals surface area contributed by atoms with E-state index in [-0.39, 0.29) is 16.3 Å². The van der Waals surface area contributed by atoms with Gasteiger partial charge < -0.3 is 14.5 Å². The zero-order valence-corrected chi connectivity index (χ0v) is 17.2. The zero-order valence-electron chi connectivity index (χ0n) is 14.8. The molecule has 9 heteroatoms. The van der Waals surface area contributed by atoms with Crippen LogP contribution in [0.4, 0.5) is 5.69 Å². The molecule has 142 valence electrons. The van der Waals surface area contributed by atoms with Gasteiger partial charge in [0.05, 0.1) is 17.2 Å². The van der Waals surface area contributed by atoms with Crippen LogP contribution in [0, 0.1) is 0 Å². The number of amides is 1. The van der Waals surface area contributed by atoms with Crippen LogP contribution in [-0.4, -0.2) is 38.3 Å². The molecule has 1 amide bonds. The summed E-state index contributed by atoms with van der Waals surface area (Å²) in [5, 5.41) is 2.65. The molecule has 1 heterocycles. The third-order valence-corrected chi connectivity index (χ3v) is 6.11. The maximum Gasteiger partial charge on any atom is 0.291 e. The Bertz CT molecular complexity index is 875. The summed E-state index contributed by atoms with van der Waals surface area (Å²) in [6, 6.07) is 7.51. The normalized spacial score (nSPS) is 11.6. The molecule has 0 aliphatic rings.